The van der Waals surface area contributed by atoms with Crippen LogP contribution >= 0.6 is 23.2 Å². The minimum Gasteiger partial charge on any atom is -0.278 e. The van der Waals surface area contributed by atoms with Crippen molar-refractivity contribution >= 4 is 23.2 Å². The molecule has 0 aliphatic heterocycles. The SMILES string of the molecule is Cc1cc(-c2ccc(Cl)cc2)n(-c2nc(Cl)cn(-c3ccccc3)c2=O)n1. The molecule has 5 nitrogen and oxygen atoms in total. The van der Waals surface area contributed by atoms with Gasteiger partial charge in [0, 0.05) is 16.3 Å². The summed E-state index contributed by atoms with van der Waals surface area (Å²) in [6.07, 6.45) is 1.50. The van der Waals surface area contributed by atoms with Crippen molar-refractivity contribution in [1.29, 1.82) is 0 Å². The van der Waals surface area contributed by atoms with Gasteiger partial charge in [-0.25, -0.2) is 9.67 Å². The molecule has 0 atom stereocenters. The molecule has 134 valence electrons. The Kier molecular flexibility index (Phi) is 4.56. The van der Waals surface area contributed by atoms with E-state index >= 15 is 0 Å². The fourth-order valence-corrected chi connectivity index (χ4v) is 3.16. The summed E-state index contributed by atoms with van der Waals surface area (Å²) in [5.41, 5.74) is 2.74. The molecule has 0 fully saturated rings. The molecule has 4 aromatic rings. The molecule has 0 radical (unpaired) electrons. The average molecular weight is 397 g/mol. The third kappa shape index (κ3) is 3.39. The number of para-hydroxylation sites is 1. The van der Waals surface area contributed by atoms with E-state index in [1.807, 2.05) is 55.5 Å². The van der Waals surface area contributed by atoms with Crippen molar-refractivity contribution in [1.82, 2.24) is 19.3 Å². The number of aromatic nitrogens is 4. The minimum absolute atomic E-state index is 0.129. The van der Waals surface area contributed by atoms with Crippen LogP contribution < -0.4 is 5.56 Å². The maximum atomic E-state index is 13.1. The van der Waals surface area contributed by atoms with E-state index in [9.17, 15) is 4.79 Å². The lowest BCUT2D eigenvalue weighted by molar-refractivity contribution is 0.798. The van der Waals surface area contributed by atoms with E-state index in [0.29, 0.717) is 10.7 Å². The molecule has 2 heterocycles. The fourth-order valence-electron chi connectivity index (χ4n) is 2.86. The normalized spacial score (nSPS) is 10.9. The molecular weight excluding hydrogens is 383 g/mol. The monoisotopic (exact) mass is 396 g/mol. The van der Waals surface area contributed by atoms with Crippen LogP contribution in [0.1, 0.15) is 5.69 Å². The molecule has 4 rings (SSSR count). The van der Waals surface area contributed by atoms with Gasteiger partial charge in [-0.15, -0.1) is 0 Å². The van der Waals surface area contributed by atoms with E-state index in [2.05, 4.69) is 10.1 Å². The lowest BCUT2D eigenvalue weighted by atomic mass is 10.1. The van der Waals surface area contributed by atoms with Crippen molar-refractivity contribution in [3.8, 4) is 22.8 Å². The zero-order valence-corrected chi connectivity index (χ0v) is 15.8. The molecule has 0 bridgehead atoms. The molecule has 0 saturated heterocycles. The number of rotatable bonds is 3. The fraction of sp³-hybridized carbons (Fsp3) is 0.0500. The molecule has 0 unspecified atom stereocenters. The van der Waals surface area contributed by atoms with E-state index in [1.54, 1.807) is 12.1 Å². The lowest BCUT2D eigenvalue weighted by Gasteiger charge is -2.11. The van der Waals surface area contributed by atoms with E-state index in [1.165, 1.54) is 15.4 Å². The molecule has 0 aliphatic carbocycles. The maximum absolute atomic E-state index is 13.1. The van der Waals surface area contributed by atoms with Crippen molar-refractivity contribution in [2.75, 3.05) is 0 Å². The molecule has 0 amide bonds. The quantitative estimate of drug-likeness (QED) is 0.504. The van der Waals surface area contributed by atoms with Gasteiger partial charge in [0.05, 0.1) is 17.6 Å². The van der Waals surface area contributed by atoms with Gasteiger partial charge in [-0.05, 0) is 37.3 Å². The highest BCUT2D eigenvalue weighted by atomic mass is 35.5. The Morgan fingerprint density at radius 2 is 1.67 bits per heavy atom. The number of halogens is 2. The predicted molar refractivity (Wildman–Crippen MR) is 107 cm³/mol. The number of aryl methyl sites for hydroxylation is 1. The summed E-state index contributed by atoms with van der Waals surface area (Å²) in [4.78, 5) is 17.4. The zero-order valence-electron chi connectivity index (χ0n) is 14.3. The largest absolute Gasteiger partial charge is 0.300 e. The van der Waals surface area contributed by atoms with Crippen molar-refractivity contribution in [2.24, 2.45) is 0 Å². The Morgan fingerprint density at radius 3 is 2.37 bits per heavy atom. The highest BCUT2D eigenvalue weighted by Crippen LogP contribution is 2.24. The van der Waals surface area contributed by atoms with Crippen LogP contribution in [-0.2, 0) is 0 Å². The molecule has 0 spiro atoms. The van der Waals surface area contributed by atoms with Crippen LogP contribution in [0.5, 0.6) is 0 Å². The van der Waals surface area contributed by atoms with Gasteiger partial charge < -0.3 is 0 Å². The standard InChI is InChI=1S/C20H14Cl2N4O/c1-13-11-17(14-7-9-15(21)10-8-14)26(24-13)19-20(27)25(12-18(22)23-19)16-5-3-2-4-6-16/h2-12H,1H3. The maximum Gasteiger partial charge on any atom is 0.300 e. The van der Waals surface area contributed by atoms with Gasteiger partial charge in [0.1, 0.15) is 5.15 Å². The van der Waals surface area contributed by atoms with Gasteiger partial charge in [-0.1, -0.05) is 53.5 Å². The third-order valence-corrected chi connectivity index (χ3v) is 4.50. The van der Waals surface area contributed by atoms with E-state index < -0.39 is 0 Å². The summed E-state index contributed by atoms with van der Waals surface area (Å²) in [7, 11) is 0. The third-order valence-electron chi connectivity index (χ3n) is 4.06. The van der Waals surface area contributed by atoms with Crippen LogP contribution in [-0.4, -0.2) is 19.3 Å². The molecule has 2 aromatic carbocycles. The second-order valence-corrected chi connectivity index (χ2v) is 6.81. The zero-order chi connectivity index (χ0) is 19.0. The molecule has 0 saturated carbocycles. The van der Waals surface area contributed by atoms with Gasteiger partial charge in [0.25, 0.3) is 5.56 Å². The summed E-state index contributed by atoms with van der Waals surface area (Å²) < 4.78 is 2.99. The van der Waals surface area contributed by atoms with Crippen molar-refractivity contribution in [3.63, 3.8) is 0 Å². The molecule has 2 aromatic heterocycles. The summed E-state index contributed by atoms with van der Waals surface area (Å²) in [5.74, 6) is 0.129. The number of hydrogen-bond donors (Lipinski definition) is 0. The van der Waals surface area contributed by atoms with Crippen molar-refractivity contribution < 1.29 is 0 Å². The highest BCUT2D eigenvalue weighted by Gasteiger charge is 2.17. The smallest absolute Gasteiger partial charge is 0.278 e. The molecular formula is C20H14Cl2N4O. The van der Waals surface area contributed by atoms with E-state index in [0.717, 1.165) is 17.0 Å². The first-order chi connectivity index (χ1) is 13.0. The van der Waals surface area contributed by atoms with Crippen molar-refractivity contribution in [2.45, 2.75) is 6.92 Å². The Labute approximate surface area is 165 Å². The lowest BCUT2D eigenvalue weighted by Crippen LogP contribution is -2.25. The van der Waals surface area contributed by atoms with Crippen LogP contribution in [0.25, 0.3) is 22.8 Å². The van der Waals surface area contributed by atoms with E-state index in [-0.39, 0.29) is 16.5 Å². The van der Waals surface area contributed by atoms with Gasteiger partial charge in [0.15, 0.2) is 0 Å². The molecule has 7 heteroatoms. The highest BCUT2D eigenvalue weighted by molar-refractivity contribution is 6.30. The number of hydrogen-bond acceptors (Lipinski definition) is 3. The number of nitrogens with zero attached hydrogens (tertiary/aromatic N) is 4. The topological polar surface area (TPSA) is 52.7 Å². The molecule has 27 heavy (non-hydrogen) atoms. The Morgan fingerprint density at radius 1 is 0.963 bits per heavy atom. The molecule has 0 aliphatic rings. The van der Waals surface area contributed by atoms with Crippen LogP contribution in [0.4, 0.5) is 0 Å². The Hall–Kier alpha value is -2.89. The van der Waals surface area contributed by atoms with Gasteiger partial charge in [0.2, 0.25) is 5.82 Å². The Balaban J connectivity index is 1.94. The molecule has 0 N–H and O–H groups in total. The van der Waals surface area contributed by atoms with Crippen LogP contribution in [0.2, 0.25) is 10.2 Å². The summed E-state index contributed by atoms with van der Waals surface area (Å²) in [6.45, 7) is 1.86. The van der Waals surface area contributed by atoms with E-state index in [4.69, 9.17) is 23.2 Å². The van der Waals surface area contributed by atoms with Crippen LogP contribution in [0.15, 0.2) is 71.7 Å². The summed E-state index contributed by atoms with van der Waals surface area (Å²) >= 11 is 12.2. The first-order valence-corrected chi connectivity index (χ1v) is 8.96. The predicted octanol–water partition coefficient (Wildman–Crippen LogP) is 4.70. The van der Waals surface area contributed by atoms with Crippen LogP contribution in [0, 0.1) is 6.92 Å². The Bertz CT molecular complexity index is 1170. The van der Waals surface area contributed by atoms with Gasteiger partial charge in [-0.3, -0.25) is 9.36 Å². The summed E-state index contributed by atoms with van der Waals surface area (Å²) in [5, 5.41) is 5.30. The average Bonchev–Trinajstić information content (AvgIpc) is 3.06. The second-order valence-electron chi connectivity index (χ2n) is 5.99. The first-order valence-electron chi connectivity index (χ1n) is 8.20. The van der Waals surface area contributed by atoms with Crippen LogP contribution in [0.3, 0.4) is 0 Å². The first kappa shape index (κ1) is 17.5. The van der Waals surface area contributed by atoms with Crippen molar-refractivity contribution in [3.05, 3.63) is 93.1 Å². The van der Waals surface area contributed by atoms with Gasteiger partial charge >= 0.3 is 0 Å². The second kappa shape index (κ2) is 7.02. The minimum atomic E-state index is -0.316. The van der Waals surface area contributed by atoms with Gasteiger partial charge in [-0.2, -0.15) is 5.10 Å². The number of benzene rings is 2. The summed E-state index contributed by atoms with van der Waals surface area (Å²) in [6, 6.07) is 18.5.